The van der Waals surface area contributed by atoms with E-state index in [2.05, 4.69) is 20.6 Å². The van der Waals surface area contributed by atoms with E-state index < -0.39 is 11.9 Å². The van der Waals surface area contributed by atoms with E-state index >= 15 is 0 Å². The molecule has 0 saturated carbocycles. The van der Waals surface area contributed by atoms with Crippen molar-refractivity contribution in [3.63, 3.8) is 0 Å². The van der Waals surface area contributed by atoms with Gasteiger partial charge in [-0.2, -0.15) is 5.10 Å². The lowest BCUT2D eigenvalue weighted by Crippen LogP contribution is -2.15. The van der Waals surface area contributed by atoms with Gasteiger partial charge in [-0.3, -0.25) is 4.79 Å². The number of anilines is 1. The highest BCUT2D eigenvalue weighted by atomic mass is 32.2. The molecule has 0 fully saturated rings. The summed E-state index contributed by atoms with van der Waals surface area (Å²) in [6, 6.07) is 15.8. The van der Waals surface area contributed by atoms with Crippen molar-refractivity contribution in [3.05, 3.63) is 77.7 Å². The van der Waals surface area contributed by atoms with Gasteiger partial charge in [0, 0.05) is 0 Å². The standard InChI is InChI=1S/C23H22FN5O3S/c1-14-21(15(2)29(28-14)17-9-5-4-6-10-17)25-20(30)13-33-23-27-26-22(32-23)16(3)31-19-12-8-7-11-18(19)24/h4-12,16H,13H2,1-3H3,(H,25,30). The van der Waals surface area contributed by atoms with Gasteiger partial charge in [-0.15, -0.1) is 10.2 Å². The van der Waals surface area contributed by atoms with Crippen LogP contribution in [0.3, 0.4) is 0 Å². The molecule has 1 amide bonds. The number of hydrogen-bond donors (Lipinski definition) is 1. The molecular formula is C23H22FN5O3S. The Morgan fingerprint density at radius 2 is 1.88 bits per heavy atom. The van der Waals surface area contributed by atoms with Gasteiger partial charge in [-0.1, -0.05) is 42.1 Å². The molecule has 0 saturated heterocycles. The normalized spacial score (nSPS) is 11.9. The molecule has 0 spiro atoms. The molecule has 2 aromatic heterocycles. The molecule has 2 heterocycles. The number of thioether (sulfide) groups is 1. The lowest BCUT2D eigenvalue weighted by atomic mass is 10.3. The third kappa shape index (κ3) is 5.23. The van der Waals surface area contributed by atoms with E-state index in [1.165, 1.54) is 12.1 Å². The van der Waals surface area contributed by atoms with E-state index in [9.17, 15) is 9.18 Å². The predicted octanol–water partition coefficient (Wildman–Crippen LogP) is 4.88. The minimum atomic E-state index is -0.647. The average Bonchev–Trinajstić information content (AvgIpc) is 3.40. The van der Waals surface area contributed by atoms with Crippen molar-refractivity contribution in [2.45, 2.75) is 32.1 Å². The molecular weight excluding hydrogens is 445 g/mol. The number of carbonyl (C=O) groups excluding carboxylic acids is 1. The first kappa shape index (κ1) is 22.5. The fourth-order valence-corrected chi connectivity index (χ4v) is 3.74. The fourth-order valence-electron chi connectivity index (χ4n) is 3.17. The summed E-state index contributed by atoms with van der Waals surface area (Å²) >= 11 is 1.10. The van der Waals surface area contributed by atoms with Crippen molar-refractivity contribution in [2.24, 2.45) is 0 Å². The van der Waals surface area contributed by atoms with Crippen molar-refractivity contribution in [2.75, 3.05) is 11.1 Å². The van der Waals surface area contributed by atoms with Crippen molar-refractivity contribution in [1.82, 2.24) is 20.0 Å². The average molecular weight is 468 g/mol. The first-order valence-corrected chi connectivity index (χ1v) is 11.2. The van der Waals surface area contributed by atoms with Crippen LogP contribution in [-0.2, 0) is 4.79 Å². The summed E-state index contributed by atoms with van der Waals surface area (Å²) in [5.41, 5.74) is 3.13. The Balaban J connectivity index is 1.35. The number of carbonyl (C=O) groups is 1. The van der Waals surface area contributed by atoms with Gasteiger partial charge in [-0.25, -0.2) is 9.07 Å². The number of aryl methyl sites for hydroxylation is 1. The van der Waals surface area contributed by atoms with Crippen LogP contribution < -0.4 is 10.1 Å². The second kappa shape index (κ2) is 9.86. The molecule has 0 aliphatic carbocycles. The zero-order valence-corrected chi connectivity index (χ0v) is 19.1. The van der Waals surface area contributed by atoms with E-state index in [0.29, 0.717) is 11.4 Å². The van der Waals surface area contributed by atoms with E-state index in [-0.39, 0.29) is 28.5 Å². The number of amides is 1. The molecule has 170 valence electrons. The molecule has 2 aromatic carbocycles. The highest BCUT2D eigenvalue weighted by Gasteiger charge is 2.19. The smallest absolute Gasteiger partial charge is 0.277 e. The van der Waals surface area contributed by atoms with Gasteiger partial charge >= 0.3 is 0 Å². The molecule has 0 bridgehead atoms. The Kier molecular flexibility index (Phi) is 6.74. The molecule has 0 aliphatic rings. The van der Waals surface area contributed by atoms with Gasteiger partial charge in [-0.05, 0) is 45.0 Å². The highest BCUT2D eigenvalue weighted by molar-refractivity contribution is 7.99. The van der Waals surface area contributed by atoms with Crippen LogP contribution in [0.5, 0.6) is 5.75 Å². The fraction of sp³-hybridized carbons (Fsp3) is 0.217. The number of benzene rings is 2. The number of nitrogens with one attached hydrogen (secondary N) is 1. The molecule has 0 radical (unpaired) electrons. The molecule has 0 aliphatic heterocycles. The van der Waals surface area contributed by atoms with Crippen molar-refractivity contribution >= 4 is 23.4 Å². The maximum Gasteiger partial charge on any atom is 0.277 e. The summed E-state index contributed by atoms with van der Waals surface area (Å²) in [5.74, 6) is -0.347. The second-order valence-corrected chi connectivity index (χ2v) is 8.15. The van der Waals surface area contributed by atoms with Crippen LogP contribution in [0, 0.1) is 19.7 Å². The van der Waals surface area contributed by atoms with Gasteiger partial charge in [0.1, 0.15) is 0 Å². The first-order valence-electron chi connectivity index (χ1n) is 10.2. The SMILES string of the molecule is Cc1nn(-c2ccccc2)c(C)c1NC(=O)CSc1nnc(C(C)Oc2ccccc2F)o1. The maximum absolute atomic E-state index is 13.8. The quantitative estimate of drug-likeness (QED) is 0.369. The van der Waals surface area contributed by atoms with Crippen LogP contribution in [0.1, 0.15) is 30.3 Å². The number of ether oxygens (including phenoxy) is 1. The number of aromatic nitrogens is 4. The summed E-state index contributed by atoms with van der Waals surface area (Å²) in [6.07, 6.45) is -0.647. The summed E-state index contributed by atoms with van der Waals surface area (Å²) in [4.78, 5) is 12.5. The van der Waals surface area contributed by atoms with Crippen molar-refractivity contribution in [1.29, 1.82) is 0 Å². The molecule has 1 atom stereocenters. The lowest BCUT2D eigenvalue weighted by Gasteiger charge is -2.11. The molecule has 33 heavy (non-hydrogen) atoms. The monoisotopic (exact) mass is 467 g/mol. The van der Waals surface area contributed by atoms with Gasteiger partial charge in [0.05, 0.1) is 28.5 Å². The van der Waals surface area contributed by atoms with E-state index in [4.69, 9.17) is 9.15 Å². The topological polar surface area (TPSA) is 95.1 Å². The maximum atomic E-state index is 13.8. The third-order valence-electron chi connectivity index (χ3n) is 4.79. The summed E-state index contributed by atoms with van der Waals surface area (Å²) < 4.78 is 26.7. The Bertz CT molecular complexity index is 1260. The molecule has 4 aromatic rings. The van der Waals surface area contributed by atoms with E-state index in [0.717, 1.165) is 23.1 Å². The number of para-hydroxylation sites is 2. The molecule has 1 unspecified atom stereocenters. The summed E-state index contributed by atoms with van der Waals surface area (Å²) in [6.45, 7) is 5.42. The number of rotatable bonds is 8. The molecule has 8 nitrogen and oxygen atoms in total. The van der Waals surface area contributed by atoms with E-state index in [1.54, 1.807) is 23.7 Å². The molecule has 10 heteroatoms. The van der Waals surface area contributed by atoms with Gasteiger partial charge in [0.2, 0.25) is 5.91 Å². The van der Waals surface area contributed by atoms with Crippen LogP contribution in [0.4, 0.5) is 10.1 Å². The van der Waals surface area contributed by atoms with Crippen LogP contribution in [-0.4, -0.2) is 31.6 Å². The van der Waals surface area contributed by atoms with Crippen molar-refractivity contribution in [3.8, 4) is 11.4 Å². The van der Waals surface area contributed by atoms with Crippen LogP contribution in [0.2, 0.25) is 0 Å². The van der Waals surface area contributed by atoms with Gasteiger partial charge in [0.25, 0.3) is 11.1 Å². The highest BCUT2D eigenvalue weighted by Crippen LogP contribution is 2.26. The Morgan fingerprint density at radius 1 is 1.15 bits per heavy atom. The van der Waals surface area contributed by atoms with Crippen molar-refractivity contribution < 1.29 is 18.3 Å². The van der Waals surface area contributed by atoms with Gasteiger partial charge < -0.3 is 14.5 Å². The largest absolute Gasteiger partial charge is 0.478 e. The van der Waals surface area contributed by atoms with Crippen LogP contribution in [0.15, 0.2) is 64.2 Å². The predicted molar refractivity (Wildman–Crippen MR) is 122 cm³/mol. The van der Waals surface area contributed by atoms with Crippen LogP contribution in [0.25, 0.3) is 5.69 Å². The number of hydrogen-bond acceptors (Lipinski definition) is 7. The second-order valence-electron chi connectivity index (χ2n) is 7.23. The summed E-state index contributed by atoms with van der Waals surface area (Å²) in [5, 5.41) is 15.5. The summed E-state index contributed by atoms with van der Waals surface area (Å²) in [7, 11) is 0. The first-order chi connectivity index (χ1) is 15.9. The molecule has 4 rings (SSSR count). The van der Waals surface area contributed by atoms with Gasteiger partial charge in [0.15, 0.2) is 17.7 Å². The Hall–Kier alpha value is -3.66. The number of nitrogens with zero attached hydrogens (tertiary/aromatic N) is 4. The zero-order chi connectivity index (χ0) is 23.4. The van der Waals surface area contributed by atoms with E-state index in [1.807, 2.05) is 44.2 Å². The zero-order valence-electron chi connectivity index (χ0n) is 18.3. The third-order valence-corrected chi connectivity index (χ3v) is 5.61. The minimum Gasteiger partial charge on any atom is -0.478 e. The lowest BCUT2D eigenvalue weighted by molar-refractivity contribution is -0.113. The Morgan fingerprint density at radius 3 is 2.64 bits per heavy atom. The van der Waals surface area contributed by atoms with Crippen LogP contribution >= 0.6 is 11.8 Å². The Labute approximate surface area is 194 Å². The minimum absolute atomic E-state index is 0.0690. The molecule has 1 N–H and O–H groups in total. The number of halogens is 1.